The van der Waals surface area contributed by atoms with Gasteiger partial charge in [0.25, 0.3) is 0 Å². The smallest absolute Gasteiger partial charge is 0.0615 e. The maximum absolute atomic E-state index is 3.37. The van der Waals surface area contributed by atoms with E-state index >= 15 is 0 Å². The summed E-state index contributed by atoms with van der Waals surface area (Å²) >= 11 is 0. The van der Waals surface area contributed by atoms with Crippen LogP contribution in [0, 0.1) is 17.8 Å². The van der Waals surface area contributed by atoms with E-state index in [0.717, 1.165) is 11.8 Å². The van der Waals surface area contributed by atoms with E-state index in [0.29, 0.717) is 12.1 Å². The van der Waals surface area contributed by atoms with E-state index in [1.165, 1.54) is 6.54 Å². The third-order valence-electron chi connectivity index (χ3n) is 3.12. The van der Waals surface area contributed by atoms with Gasteiger partial charge in [0.05, 0.1) is 6.17 Å². The lowest BCUT2D eigenvalue weighted by Gasteiger charge is -2.33. The summed E-state index contributed by atoms with van der Waals surface area (Å²) in [5.74, 6) is 2.18. The lowest BCUT2D eigenvalue weighted by Crippen LogP contribution is -2.47. The monoisotopic (exact) mass is 200 g/mol. The number of nitrogens with one attached hydrogen (secondary N) is 1. The van der Waals surface area contributed by atoms with Crippen molar-refractivity contribution in [2.24, 2.45) is 17.8 Å². The van der Waals surface area contributed by atoms with Crippen LogP contribution in [0.15, 0.2) is 0 Å². The summed E-state index contributed by atoms with van der Waals surface area (Å²) in [6.45, 7) is 12.6. The maximum Gasteiger partial charge on any atom is 0.0615 e. The average Bonchev–Trinajstić information content (AvgIpc) is 2.04. The third-order valence-corrected chi connectivity index (χ3v) is 3.12. The molecule has 0 saturated carbocycles. The van der Waals surface area contributed by atoms with E-state index in [1.54, 1.807) is 0 Å². The molecular weight excluding hydrogens is 172 g/mol. The summed E-state index contributed by atoms with van der Waals surface area (Å²) in [4.78, 5) is 2.43. The van der Waals surface area contributed by atoms with Gasteiger partial charge in [-0.25, -0.2) is 0 Å². The van der Waals surface area contributed by atoms with Gasteiger partial charge in [0.1, 0.15) is 0 Å². The molecule has 86 valence electrons. The molecule has 0 spiro atoms. The summed E-state index contributed by atoms with van der Waals surface area (Å²) in [5.41, 5.74) is 0. The quantitative estimate of drug-likeness (QED) is 0.662. The second-order valence-corrected chi connectivity index (χ2v) is 5.14. The minimum absolute atomic E-state index is 0.496. The van der Waals surface area contributed by atoms with Crippen LogP contribution in [0.3, 0.4) is 0 Å². The van der Waals surface area contributed by atoms with Crippen LogP contribution in [-0.4, -0.2) is 31.7 Å². The fourth-order valence-electron chi connectivity index (χ4n) is 1.84. The zero-order valence-corrected chi connectivity index (χ0v) is 11.0. The predicted molar refractivity (Wildman–Crippen MR) is 64.3 cm³/mol. The largest absolute Gasteiger partial charge is 0.305 e. The van der Waals surface area contributed by atoms with E-state index in [9.17, 15) is 0 Å². The van der Waals surface area contributed by atoms with Crippen molar-refractivity contribution in [3.8, 4) is 0 Å². The second kappa shape index (κ2) is 6.41. The summed E-state index contributed by atoms with van der Waals surface area (Å²) < 4.78 is 0. The van der Waals surface area contributed by atoms with Gasteiger partial charge in [0.2, 0.25) is 0 Å². The topological polar surface area (TPSA) is 15.3 Å². The number of hydrogen-bond acceptors (Lipinski definition) is 2. The van der Waals surface area contributed by atoms with Crippen molar-refractivity contribution in [2.45, 2.75) is 40.8 Å². The van der Waals surface area contributed by atoms with Crippen LogP contribution >= 0.6 is 0 Å². The summed E-state index contributed by atoms with van der Waals surface area (Å²) in [6.07, 6.45) is 0.496. The average molecular weight is 200 g/mol. The molecule has 0 saturated heterocycles. The SMILES string of the molecule is CNC(C(C)C)N(C)CC(C)C(C)C. The highest BCUT2D eigenvalue weighted by Crippen LogP contribution is 2.14. The fourth-order valence-corrected chi connectivity index (χ4v) is 1.84. The Balaban J connectivity index is 4.10. The molecule has 0 aliphatic carbocycles. The van der Waals surface area contributed by atoms with Crippen LogP contribution in [0.2, 0.25) is 0 Å². The highest BCUT2D eigenvalue weighted by molar-refractivity contribution is 4.71. The summed E-state index contributed by atoms with van der Waals surface area (Å²) in [6, 6.07) is 0. The van der Waals surface area contributed by atoms with E-state index in [1.807, 2.05) is 7.05 Å². The number of rotatable bonds is 6. The Morgan fingerprint density at radius 1 is 1.00 bits per heavy atom. The fraction of sp³-hybridized carbons (Fsp3) is 1.00. The van der Waals surface area contributed by atoms with Crippen molar-refractivity contribution in [3.63, 3.8) is 0 Å². The minimum Gasteiger partial charge on any atom is -0.305 e. The predicted octanol–water partition coefficient (Wildman–Crippen LogP) is 2.41. The number of nitrogens with zero attached hydrogens (tertiary/aromatic N) is 1. The Bertz CT molecular complexity index is 143. The molecule has 2 nitrogen and oxygen atoms in total. The molecule has 1 N–H and O–H groups in total. The van der Waals surface area contributed by atoms with Crippen LogP contribution in [0.1, 0.15) is 34.6 Å². The van der Waals surface area contributed by atoms with Gasteiger partial charge in [-0.1, -0.05) is 34.6 Å². The van der Waals surface area contributed by atoms with Crippen LogP contribution in [0.25, 0.3) is 0 Å². The highest BCUT2D eigenvalue weighted by atomic mass is 15.2. The van der Waals surface area contributed by atoms with Crippen LogP contribution in [0.4, 0.5) is 0 Å². The molecule has 0 bridgehead atoms. The molecule has 0 fully saturated rings. The van der Waals surface area contributed by atoms with Crippen molar-refractivity contribution in [1.29, 1.82) is 0 Å². The lowest BCUT2D eigenvalue weighted by molar-refractivity contribution is 0.134. The molecule has 0 aromatic heterocycles. The molecular formula is C12H28N2. The first-order valence-corrected chi connectivity index (χ1v) is 5.77. The zero-order chi connectivity index (χ0) is 11.3. The first-order chi connectivity index (χ1) is 6.40. The van der Waals surface area contributed by atoms with Gasteiger partial charge >= 0.3 is 0 Å². The molecule has 0 radical (unpaired) electrons. The normalized spacial score (nSPS) is 16.7. The Kier molecular flexibility index (Phi) is 6.38. The Morgan fingerprint density at radius 3 is 1.79 bits per heavy atom. The number of hydrogen-bond donors (Lipinski definition) is 1. The van der Waals surface area contributed by atoms with Gasteiger partial charge < -0.3 is 5.32 Å². The molecule has 0 rings (SSSR count). The molecule has 0 heterocycles. The van der Waals surface area contributed by atoms with Gasteiger partial charge in [-0.2, -0.15) is 0 Å². The summed E-state index contributed by atoms with van der Waals surface area (Å²) in [5, 5.41) is 3.37. The van der Waals surface area contributed by atoms with Crippen LogP contribution < -0.4 is 5.32 Å². The molecule has 2 heteroatoms. The first-order valence-electron chi connectivity index (χ1n) is 5.77. The summed E-state index contributed by atoms with van der Waals surface area (Å²) in [7, 11) is 4.25. The van der Waals surface area contributed by atoms with Crippen molar-refractivity contribution in [3.05, 3.63) is 0 Å². The molecule has 2 atom stereocenters. The van der Waals surface area contributed by atoms with Gasteiger partial charge in [-0.3, -0.25) is 4.90 Å². The first kappa shape index (κ1) is 13.9. The van der Waals surface area contributed by atoms with Crippen LogP contribution in [-0.2, 0) is 0 Å². The van der Waals surface area contributed by atoms with Crippen molar-refractivity contribution >= 4 is 0 Å². The van der Waals surface area contributed by atoms with Crippen LogP contribution in [0.5, 0.6) is 0 Å². The third kappa shape index (κ3) is 4.43. The molecule has 2 unspecified atom stereocenters. The van der Waals surface area contributed by atoms with Gasteiger partial charge in [-0.15, -0.1) is 0 Å². The Labute approximate surface area is 90.1 Å². The molecule has 0 aromatic rings. The Hall–Kier alpha value is -0.0800. The molecule has 0 aliphatic rings. The second-order valence-electron chi connectivity index (χ2n) is 5.14. The molecule has 0 aliphatic heterocycles. The van der Waals surface area contributed by atoms with E-state index in [-0.39, 0.29) is 0 Å². The van der Waals surface area contributed by atoms with Crippen molar-refractivity contribution < 1.29 is 0 Å². The lowest BCUT2D eigenvalue weighted by atomic mass is 9.97. The van der Waals surface area contributed by atoms with Crippen molar-refractivity contribution in [1.82, 2.24) is 10.2 Å². The Morgan fingerprint density at radius 2 is 1.50 bits per heavy atom. The zero-order valence-electron chi connectivity index (χ0n) is 11.0. The molecule has 0 amide bonds. The molecule has 0 aromatic carbocycles. The van der Waals surface area contributed by atoms with E-state index < -0.39 is 0 Å². The van der Waals surface area contributed by atoms with E-state index in [4.69, 9.17) is 0 Å². The standard InChI is InChI=1S/C12H28N2/c1-9(2)11(5)8-14(7)12(13-6)10(3)4/h9-13H,8H2,1-7H3. The highest BCUT2D eigenvalue weighted by Gasteiger charge is 2.19. The van der Waals surface area contributed by atoms with Gasteiger partial charge in [0.15, 0.2) is 0 Å². The van der Waals surface area contributed by atoms with Gasteiger partial charge in [0, 0.05) is 6.54 Å². The van der Waals surface area contributed by atoms with E-state index in [2.05, 4.69) is 51.9 Å². The minimum atomic E-state index is 0.496. The maximum atomic E-state index is 3.37. The molecule has 14 heavy (non-hydrogen) atoms. The van der Waals surface area contributed by atoms with Gasteiger partial charge in [-0.05, 0) is 31.8 Å². The van der Waals surface area contributed by atoms with Crippen molar-refractivity contribution in [2.75, 3.05) is 20.6 Å².